The second-order valence-electron chi connectivity index (χ2n) is 6.79. The Bertz CT molecular complexity index is 303. The van der Waals surface area contributed by atoms with Crippen LogP contribution in [0.3, 0.4) is 0 Å². The number of amides is 1. The number of hydrogen-bond donors (Lipinski definition) is 1. The Balaban J connectivity index is 2.01. The maximum Gasteiger partial charge on any atom is 0.410 e. The van der Waals surface area contributed by atoms with E-state index < -0.39 is 5.60 Å². The molecule has 4 nitrogen and oxygen atoms in total. The van der Waals surface area contributed by atoms with Crippen molar-refractivity contribution in [1.82, 2.24) is 10.2 Å². The minimum absolute atomic E-state index is 0.143. The number of ether oxygens (including phenoxy) is 1. The molecule has 2 heterocycles. The summed E-state index contributed by atoms with van der Waals surface area (Å²) in [5, 5.41) is 3.44. The third-order valence-corrected chi connectivity index (χ3v) is 3.90. The highest BCUT2D eigenvalue weighted by Gasteiger charge is 2.38. The smallest absolute Gasteiger partial charge is 0.410 e. The SMILES string of the molecule is CC(C)(C)OC(=O)N1CCCCC2(CCNC2)C1. The molecule has 0 aromatic carbocycles. The molecule has 0 aliphatic carbocycles. The number of nitrogens with one attached hydrogen (secondary N) is 1. The molecule has 0 aromatic rings. The van der Waals surface area contributed by atoms with E-state index in [1.807, 2.05) is 25.7 Å². The molecule has 2 fully saturated rings. The van der Waals surface area contributed by atoms with Crippen LogP contribution < -0.4 is 5.32 Å². The summed E-state index contributed by atoms with van der Waals surface area (Å²) in [6.45, 7) is 9.61. The number of hydrogen-bond acceptors (Lipinski definition) is 3. The number of carbonyl (C=O) groups is 1. The van der Waals surface area contributed by atoms with Gasteiger partial charge in [-0.25, -0.2) is 4.79 Å². The second kappa shape index (κ2) is 5.08. The Morgan fingerprint density at radius 2 is 2.06 bits per heavy atom. The quantitative estimate of drug-likeness (QED) is 0.721. The van der Waals surface area contributed by atoms with Gasteiger partial charge in [-0.3, -0.25) is 0 Å². The van der Waals surface area contributed by atoms with Crippen molar-refractivity contribution in [3.63, 3.8) is 0 Å². The Kier molecular flexibility index (Phi) is 3.85. The first kappa shape index (κ1) is 13.7. The highest BCUT2D eigenvalue weighted by atomic mass is 16.6. The molecule has 18 heavy (non-hydrogen) atoms. The van der Waals surface area contributed by atoms with Gasteiger partial charge in [0.25, 0.3) is 0 Å². The van der Waals surface area contributed by atoms with Crippen molar-refractivity contribution in [2.24, 2.45) is 5.41 Å². The molecule has 2 saturated heterocycles. The van der Waals surface area contributed by atoms with Crippen LogP contribution >= 0.6 is 0 Å². The van der Waals surface area contributed by atoms with E-state index in [1.54, 1.807) is 0 Å². The molecule has 0 radical (unpaired) electrons. The van der Waals surface area contributed by atoms with Crippen LogP contribution in [0.5, 0.6) is 0 Å². The molecule has 104 valence electrons. The van der Waals surface area contributed by atoms with Crippen LogP contribution in [-0.4, -0.2) is 42.8 Å². The summed E-state index contributed by atoms with van der Waals surface area (Å²) < 4.78 is 5.50. The lowest BCUT2D eigenvalue weighted by atomic mass is 9.82. The summed E-state index contributed by atoms with van der Waals surface area (Å²) in [5.41, 5.74) is -0.0993. The van der Waals surface area contributed by atoms with Gasteiger partial charge in [0.05, 0.1) is 0 Å². The monoisotopic (exact) mass is 254 g/mol. The summed E-state index contributed by atoms with van der Waals surface area (Å²) in [4.78, 5) is 14.1. The van der Waals surface area contributed by atoms with E-state index in [1.165, 1.54) is 19.3 Å². The summed E-state index contributed by atoms with van der Waals surface area (Å²) >= 11 is 0. The Labute approximate surface area is 110 Å². The van der Waals surface area contributed by atoms with Gasteiger partial charge in [-0.2, -0.15) is 0 Å². The highest BCUT2D eigenvalue weighted by Crippen LogP contribution is 2.35. The molecule has 2 aliphatic heterocycles. The molecule has 1 spiro atoms. The van der Waals surface area contributed by atoms with Crippen LogP contribution in [0.2, 0.25) is 0 Å². The maximum atomic E-state index is 12.2. The van der Waals surface area contributed by atoms with Gasteiger partial charge in [-0.1, -0.05) is 6.42 Å². The van der Waals surface area contributed by atoms with Crippen LogP contribution in [-0.2, 0) is 4.74 Å². The molecule has 2 aliphatic rings. The standard InChI is InChI=1S/C14H26N2O2/c1-13(2,3)18-12(17)16-9-5-4-6-14(11-16)7-8-15-10-14/h15H,4-11H2,1-3H3. The average Bonchev–Trinajstić information content (AvgIpc) is 2.57. The molecule has 0 bridgehead atoms. The third kappa shape index (κ3) is 3.37. The Morgan fingerprint density at radius 1 is 1.28 bits per heavy atom. The molecular weight excluding hydrogens is 228 g/mol. The molecule has 1 amide bonds. The second-order valence-corrected chi connectivity index (χ2v) is 6.79. The summed E-state index contributed by atoms with van der Waals surface area (Å²) in [7, 11) is 0. The molecule has 0 aromatic heterocycles. The fourth-order valence-corrected chi connectivity index (χ4v) is 2.99. The zero-order chi connectivity index (χ0) is 13.2. The van der Waals surface area contributed by atoms with E-state index in [9.17, 15) is 4.79 Å². The molecule has 1 N–H and O–H groups in total. The first-order chi connectivity index (χ1) is 8.40. The minimum atomic E-state index is -0.398. The largest absolute Gasteiger partial charge is 0.444 e. The maximum absolute atomic E-state index is 12.2. The van der Waals surface area contributed by atoms with Crippen molar-refractivity contribution >= 4 is 6.09 Å². The van der Waals surface area contributed by atoms with Crippen molar-refractivity contribution in [3.8, 4) is 0 Å². The van der Waals surface area contributed by atoms with E-state index in [0.717, 1.165) is 32.6 Å². The number of rotatable bonds is 0. The normalized spacial score (nSPS) is 29.4. The van der Waals surface area contributed by atoms with E-state index >= 15 is 0 Å². The number of likely N-dealkylation sites (tertiary alicyclic amines) is 1. The van der Waals surface area contributed by atoms with Crippen molar-refractivity contribution in [2.45, 2.75) is 52.1 Å². The minimum Gasteiger partial charge on any atom is -0.444 e. The van der Waals surface area contributed by atoms with Crippen molar-refractivity contribution in [3.05, 3.63) is 0 Å². The molecule has 0 saturated carbocycles. The predicted molar refractivity (Wildman–Crippen MR) is 71.6 cm³/mol. The molecule has 4 heteroatoms. The van der Waals surface area contributed by atoms with Gasteiger partial charge in [0.2, 0.25) is 0 Å². The molecule has 1 unspecified atom stereocenters. The summed E-state index contributed by atoms with van der Waals surface area (Å²) in [6, 6.07) is 0. The van der Waals surface area contributed by atoms with Gasteiger partial charge in [0.1, 0.15) is 5.60 Å². The average molecular weight is 254 g/mol. The molecule has 1 atom stereocenters. The fraction of sp³-hybridized carbons (Fsp3) is 0.929. The van der Waals surface area contributed by atoms with Gasteiger partial charge in [0, 0.05) is 25.0 Å². The predicted octanol–water partition coefficient (Wildman–Crippen LogP) is 2.39. The van der Waals surface area contributed by atoms with Gasteiger partial charge in [-0.15, -0.1) is 0 Å². The highest BCUT2D eigenvalue weighted by molar-refractivity contribution is 5.68. The van der Waals surface area contributed by atoms with Crippen molar-refractivity contribution in [1.29, 1.82) is 0 Å². The van der Waals surface area contributed by atoms with Crippen molar-refractivity contribution in [2.75, 3.05) is 26.2 Å². The number of nitrogens with zero attached hydrogens (tertiary/aromatic N) is 1. The van der Waals surface area contributed by atoms with Crippen LogP contribution in [0, 0.1) is 5.41 Å². The van der Waals surface area contributed by atoms with Gasteiger partial charge >= 0.3 is 6.09 Å². The number of carbonyl (C=O) groups excluding carboxylic acids is 1. The topological polar surface area (TPSA) is 41.6 Å². The van der Waals surface area contributed by atoms with Crippen LogP contribution in [0.4, 0.5) is 4.79 Å². The lowest BCUT2D eigenvalue weighted by molar-refractivity contribution is 0.0191. The lowest BCUT2D eigenvalue weighted by Gasteiger charge is -2.33. The first-order valence-electron chi connectivity index (χ1n) is 7.09. The van der Waals surface area contributed by atoms with Crippen LogP contribution in [0.25, 0.3) is 0 Å². The molecular formula is C14H26N2O2. The zero-order valence-electron chi connectivity index (χ0n) is 11.9. The molecule has 2 rings (SSSR count). The Morgan fingerprint density at radius 3 is 2.67 bits per heavy atom. The van der Waals surface area contributed by atoms with Crippen LogP contribution in [0.1, 0.15) is 46.5 Å². The summed E-state index contributed by atoms with van der Waals surface area (Å²) in [5.74, 6) is 0. The van der Waals surface area contributed by atoms with Crippen LogP contribution in [0.15, 0.2) is 0 Å². The fourth-order valence-electron chi connectivity index (χ4n) is 2.99. The zero-order valence-corrected chi connectivity index (χ0v) is 11.9. The van der Waals surface area contributed by atoms with E-state index in [-0.39, 0.29) is 6.09 Å². The van der Waals surface area contributed by atoms with Gasteiger partial charge in [-0.05, 0) is 46.6 Å². The van der Waals surface area contributed by atoms with Crippen molar-refractivity contribution < 1.29 is 9.53 Å². The van der Waals surface area contributed by atoms with E-state index in [2.05, 4.69) is 5.32 Å². The third-order valence-electron chi connectivity index (χ3n) is 3.90. The summed E-state index contributed by atoms with van der Waals surface area (Å²) in [6.07, 6.45) is 4.60. The van der Waals surface area contributed by atoms with E-state index in [0.29, 0.717) is 5.41 Å². The van der Waals surface area contributed by atoms with E-state index in [4.69, 9.17) is 4.74 Å². The Hall–Kier alpha value is -0.770. The lowest BCUT2D eigenvalue weighted by Crippen LogP contribution is -2.43. The van der Waals surface area contributed by atoms with Gasteiger partial charge < -0.3 is 15.0 Å². The first-order valence-corrected chi connectivity index (χ1v) is 7.09. The van der Waals surface area contributed by atoms with Gasteiger partial charge in [0.15, 0.2) is 0 Å².